The molecule has 0 aromatic heterocycles. The van der Waals surface area contributed by atoms with E-state index in [2.05, 4.69) is 13.8 Å². The van der Waals surface area contributed by atoms with E-state index in [1.54, 1.807) is 0 Å². The fourth-order valence-electron chi connectivity index (χ4n) is 3.05. The number of Topliss-reactive ketones (excluding diaryl/α,β-unsaturated/α-hetero) is 1. The van der Waals surface area contributed by atoms with E-state index in [0.717, 1.165) is 31.4 Å². The molecule has 0 amide bonds. The largest absolute Gasteiger partial charge is 0.294 e. The van der Waals surface area contributed by atoms with E-state index in [1.807, 2.05) is 0 Å². The lowest BCUT2D eigenvalue weighted by Crippen LogP contribution is -2.26. The summed E-state index contributed by atoms with van der Waals surface area (Å²) >= 11 is 0. The first-order chi connectivity index (χ1) is 8.47. The standard InChI is InChI=1S/C15H18F2O/c1-9-5-10(2)7-12(6-9)15(18)11-3-4-13(16)14(17)8-11/h3-4,8-10,12H,5-7H2,1-2H3. The molecular formula is C15H18F2O. The van der Waals surface area contributed by atoms with Crippen molar-refractivity contribution in [2.24, 2.45) is 17.8 Å². The number of benzene rings is 1. The van der Waals surface area contributed by atoms with E-state index in [9.17, 15) is 13.6 Å². The molecule has 0 aliphatic heterocycles. The van der Waals surface area contributed by atoms with Crippen molar-refractivity contribution >= 4 is 5.78 Å². The molecule has 1 aliphatic rings. The quantitative estimate of drug-likeness (QED) is 0.720. The predicted molar refractivity (Wildman–Crippen MR) is 66.4 cm³/mol. The van der Waals surface area contributed by atoms with Crippen molar-refractivity contribution in [3.8, 4) is 0 Å². The second kappa shape index (κ2) is 5.17. The molecule has 1 fully saturated rings. The first-order valence-electron chi connectivity index (χ1n) is 6.46. The van der Waals surface area contributed by atoms with E-state index >= 15 is 0 Å². The molecule has 2 atom stereocenters. The van der Waals surface area contributed by atoms with Gasteiger partial charge in [0.25, 0.3) is 0 Å². The molecule has 0 bridgehead atoms. The lowest BCUT2D eigenvalue weighted by atomic mass is 9.74. The van der Waals surface area contributed by atoms with Crippen molar-refractivity contribution in [3.05, 3.63) is 35.4 Å². The normalized spacial score (nSPS) is 28.1. The summed E-state index contributed by atoms with van der Waals surface area (Å²) in [6.07, 6.45) is 2.84. The van der Waals surface area contributed by atoms with Crippen LogP contribution in [0.15, 0.2) is 18.2 Å². The van der Waals surface area contributed by atoms with Gasteiger partial charge in [0, 0.05) is 11.5 Å². The molecule has 18 heavy (non-hydrogen) atoms. The maximum absolute atomic E-state index is 13.1. The molecule has 2 rings (SSSR count). The summed E-state index contributed by atoms with van der Waals surface area (Å²) in [6.45, 7) is 4.28. The third-order valence-electron chi connectivity index (χ3n) is 3.75. The highest BCUT2D eigenvalue weighted by molar-refractivity contribution is 5.97. The summed E-state index contributed by atoms with van der Waals surface area (Å²) in [7, 11) is 0. The Balaban J connectivity index is 2.17. The summed E-state index contributed by atoms with van der Waals surface area (Å²) in [5, 5.41) is 0. The Labute approximate surface area is 106 Å². The van der Waals surface area contributed by atoms with Gasteiger partial charge in [0.15, 0.2) is 17.4 Å². The van der Waals surface area contributed by atoms with Gasteiger partial charge in [0.1, 0.15) is 0 Å². The van der Waals surface area contributed by atoms with Crippen molar-refractivity contribution in [1.29, 1.82) is 0 Å². The van der Waals surface area contributed by atoms with Gasteiger partial charge in [-0.05, 0) is 49.3 Å². The lowest BCUT2D eigenvalue weighted by Gasteiger charge is -2.30. The highest BCUT2D eigenvalue weighted by Gasteiger charge is 2.29. The maximum Gasteiger partial charge on any atom is 0.166 e. The third kappa shape index (κ3) is 2.77. The zero-order chi connectivity index (χ0) is 13.3. The topological polar surface area (TPSA) is 17.1 Å². The van der Waals surface area contributed by atoms with Gasteiger partial charge in [0.2, 0.25) is 0 Å². The molecule has 0 N–H and O–H groups in total. The van der Waals surface area contributed by atoms with Crippen molar-refractivity contribution < 1.29 is 13.6 Å². The molecule has 0 radical (unpaired) electrons. The molecular weight excluding hydrogens is 234 g/mol. The Bertz CT molecular complexity index is 446. The average molecular weight is 252 g/mol. The summed E-state index contributed by atoms with van der Waals surface area (Å²) in [5.41, 5.74) is 0.292. The SMILES string of the molecule is CC1CC(C)CC(C(=O)c2ccc(F)c(F)c2)C1. The molecule has 2 unspecified atom stereocenters. The molecule has 3 heteroatoms. The molecule has 0 heterocycles. The molecule has 98 valence electrons. The van der Waals surface area contributed by atoms with Crippen LogP contribution in [0.1, 0.15) is 43.5 Å². The van der Waals surface area contributed by atoms with E-state index in [4.69, 9.17) is 0 Å². The fraction of sp³-hybridized carbons (Fsp3) is 0.533. The first kappa shape index (κ1) is 13.2. The van der Waals surface area contributed by atoms with Crippen molar-refractivity contribution in [3.63, 3.8) is 0 Å². The van der Waals surface area contributed by atoms with E-state index in [0.29, 0.717) is 17.4 Å². The van der Waals surface area contributed by atoms with Crippen LogP contribution < -0.4 is 0 Å². The van der Waals surface area contributed by atoms with Crippen LogP contribution in [0, 0.1) is 29.4 Å². The van der Waals surface area contributed by atoms with Crippen molar-refractivity contribution in [1.82, 2.24) is 0 Å². The minimum absolute atomic E-state index is 0.0476. The summed E-state index contributed by atoms with van der Waals surface area (Å²) in [6, 6.07) is 3.42. The average Bonchev–Trinajstić information content (AvgIpc) is 2.30. The van der Waals surface area contributed by atoms with E-state index in [-0.39, 0.29) is 11.7 Å². The maximum atomic E-state index is 13.1. The second-order valence-electron chi connectivity index (χ2n) is 5.61. The van der Waals surface area contributed by atoms with Gasteiger partial charge < -0.3 is 0 Å². The summed E-state index contributed by atoms with van der Waals surface area (Å²) in [4.78, 5) is 12.3. The Morgan fingerprint density at radius 2 is 1.67 bits per heavy atom. The van der Waals surface area contributed by atoms with Gasteiger partial charge in [-0.1, -0.05) is 13.8 Å². The number of rotatable bonds is 2. The molecule has 1 saturated carbocycles. The zero-order valence-electron chi connectivity index (χ0n) is 10.7. The first-order valence-corrected chi connectivity index (χ1v) is 6.46. The molecule has 0 spiro atoms. The molecule has 1 aromatic rings. The number of carbonyl (C=O) groups is 1. The number of carbonyl (C=O) groups excluding carboxylic acids is 1. The van der Waals surface area contributed by atoms with Crippen LogP contribution in [0.4, 0.5) is 8.78 Å². The van der Waals surface area contributed by atoms with Crippen LogP contribution in [0.2, 0.25) is 0 Å². The van der Waals surface area contributed by atoms with E-state index < -0.39 is 11.6 Å². The zero-order valence-corrected chi connectivity index (χ0v) is 10.7. The highest BCUT2D eigenvalue weighted by Crippen LogP contribution is 2.34. The minimum Gasteiger partial charge on any atom is -0.294 e. The second-order valence-corrected chi connectivity index (χ2v) is 5.61. The van der Waals surface area contributed by atoms with Gasteiger partial charge in [-0.3, -0.25) is 4.79 Å². The van der Waals surface area contributed by atoms with Crippen LogP contribution in [0.25, 0.3) is 0 Å². The van der Waals surface area contributed by atoms with Gasteiger partial charge in [0.05, 0.1) is 0 Å². The van der Waals surface area contributed by atoms with Gasteiger partial charge in [-0.15, -0.1) is 0 Å². The van der Waals surface area contributed by atoms with Crippen LogP contribution in [-0.2, 0) is 0 Å². The lowest BCUT2D eigenvalue weighted by molar-refractivity contribution is 0.0835. The van der Waals surface area contributed by atoms with Crippen LogP contribution in [0.5, 0.6) is 0 Å². The molecule has 1 aliphatic carbocycles. The fourth-order valence-corrected chi connectivity index (χ4v) is 3.05. The minimum atomic E-state index is -0.947. The number of ketones is 1. The van der Waals surface area contributed by atoms with Crippen LogP contribution >= 0.6 is 0 Å². The Morgan fingerprint density at radius 1 is 1.06 bits per heavy atom. The molecule has 1 nitrogen and oxygen atoms in total. The van der Waals surface area contributed by atoms with Gasteiger partial charge >= 0.3 is 0 Å². The number of hydrogen-bond donors (Lipinski definition) is 0. The van der Waals surface area contributed by atoms with E-state index in [1.165, 1.54) is 6.07 Å². The third-order valence-corrected chi connectivity index (χ3v) is 3.75. The highest BCUT2D eigenvalue weighted by atomic mass is 19.2. The van der Waals surface area contributed by atoms with Crippen LogP contribution in [-0.4, -0.2) is 5.78 Å². The summed E-state index contributed by atoms with van der Waals surface area (Å²) < 4.78 is 26.0. The number of hydrogen-bond acceptors (Lipinski definition) is 1. The van der Waals surface area contributed by atoms with Crippen molar-refractivity contribution in [2.45, 2.75) is 33.1 Å². The van der Waals surface area contributed by atoms with Gasteiger partial charge in [-0.2, -0.15) is 0 Å². The van der Waals surface area contributed by atoms with Crippen molar-refractivity contribution in [2.75, 3.05) is 0 Å². The monoisotopic (exact) mass is 252 g/mol. The van der Waals surface area contributed by atoms with Crippen LogP contribution in [0.3, 0.4) is 0 Å². The smallest absolute Gasteiger partial charge is 0.166 e. The molecule has 0 saturated heterocycles. The Hall–Kier alpha value is -1.25. The Morgan fingerprint density at radius 3 is 2.22 bits per heavy atom. The number of halogens is 2. The summed E-state index contributed by atoms with van der Waals surface area (Å²) in [5.74, 6) is -0.906. The predicted octanol–water partition coefficient (Wildman–Crippen LogP) is 4.22. The van der Waals surface area contributed by atoms with Gasteiger partial charge in [-0.25, -0.2) is 8.78 Å². The molecule has 1 aromatic carbocycles. The Kier molecular flexibility index (Phi) is 3.79.